The fourth-order valence-corrected chi connectivity index (χ4v) is 1.86. The molecule has 0 spiro atoms. The Labute approximate surface area is 108 Å². The zero-order chi connectivity index (χ0) is 12.7. The molecule has 0 atom stereocenters. The van der Waals surface area contributed by atoms with Gasteiger partial charge < -0.3 is 15.0 Å². The topological polar surface area (TPSA) is 37.4 Å². The van der Waals surface area contributed by atoms with E-state index in [9.17, 15) is 0 Å². The van der Waals surface area contributed by atoms with Crippen LogP contribution in [0.3, 0.4) is 0 Å². The molecule has 1 aromatic heterocycles. The van der Waals surface area contributed by atoms with Gasteiger partial charge in [0.2, 0.25) is 0 Å². The van der Waals surface area contributed by atoms with E-state index in [1.54, 1.807) is 19.4 Å². The molecule has 0 aliphatic carbocycles. The molecular weight excluding hydrogens is 238 g/mol. The maximum Gasteiger partial charge on any atom is 0.146 e. The number of anilines is 1. The Bertz CT molecular complexity index is 341. The summed E-state index contributed by atoms with van der Waals surface area (Å²) in [5.41, 5.74) is 1.02. The fourth-order valence-electron chi connectivity index (χ4n) is 1.71. The highest BCUT2D eigenvalue weighted by Gasteiger charge is 2.15. The number of halogens is 1. The van der Waals surface area contributed by atoms with E-state index in [1.165, 1.54) is 0 Å². The third-order valence-corrected chi connectivity index (χ3v) is 2.70. The molecule has 96 valence electrons. The van der Waals surface area contributed by atoms with Crippen molar-refractivity contribution in [3.63, 3.8) is 0 Å². The normalized spacial score (nSPS) is 14.9. The van der Waals surface area contributed by atoms with Crippen molar-refractivity contribution in [3.8, 4) is 5.75 Å². The quantitative estimate of drug-likeness (QED) is 0.824. The Morgan fingerprint density at radius 1 is 1.35 bits per heavy atom. The first-order chi connectivity index (χ1) is 8.31. The fraction of sp³-hybridized carbons (Fsp3) is 0.583. The van der Waals surface area contributed by atoms with Crippen molar-refractivity contribution < 1.29 is 4.74 Å². The van der Waals surface area contributed by atoms with Crippen LogP contribution in [0.1, 0.15) is 13.8 Å². The van der Waals surface area contributed by atoms with E-state index in [0.717, 1.165) is 37.6 Å². The maximum absolute atomic E-state index is 5.81. The van der Waals surface area contributed by atoms with Gasteiger partial charge in [0.1, 0.15) is 10.9 Å². The molecule has 0 aromatic carbocycles. The average Bonchev–Trinajstić information content (AvgIpc) is 2.42. The monoisotopic (exact) mass is 257 g/mol. The van der Waals surface area contributed by atoms with Crippen LogP contribution in [0.15, 0.2) is 12.3 Å². The molecule has 1 aliphatic heterocycles. The minimum absolute atomic E-state index is 0.464. The number of nitrogens with one attached hydrogen (secondary N) is 1. The van der Waals surface area contributed by atoms with E-state index in [2.05, 4.69) is 15.2 Å². The zero-order valence-corrected chi connectivity index (χ0v) is 11.4. The lowest BCUT2D eigenvalue weighted by Crippen LogP contribution is -2.43. The summed E-state index contributed by atoms with van der Waals surface area (Å²) >= 11 is 5.81. The van der Waals surface area contributed by atoms with Gasteiger partial charge in [-0.05, 0) is 0 Å². The number of hydrogen-bond donors (Lipinski definition) is 1. The van der Waals surface area contributed by atoms with Crippen molar-refractivity contribution in [1.82, 2.24) is 10.3 Å². The number of ether oxygens (including phenoxy) is 1. The molecule has 0 unspecified atom stereocenters. The van der Waals surface area contributed by atoms with E-state index < -0.39 is 0 Å². The number of hydrogen-bond acceptors (Lipinski definition) is 4. The van der Waals surface area contributed by atoms with Gasteiger partial charge in [-0.25, -0.2) is 4.98 Å². The van der Waals surface area contributed by atoms with Gasteiger partial charge in [-0.2, -0.15) is 0 Å². The molecule has 1 aromatic rings. The molecule has 2 heterocycles. The predicted molar refractivity (Wildman–Crippen MR) is 72.2 cm³/mol. The van der Waals surface area contributed by atoms with E-state index in [1.807, 2.05) is 13.8 Å². The van der Waals surface area contributed by atoms with Crippen LogP contribution in [0.5, 0.6) is 5.75 Å². The lowest BCUT2D eigenvalue weighted by atomic mass is 10.3. The lowest BCUT2D eigenvalue weighted by Gasteiger charge is -2.30. The molecule has 0 radical (unpaired) electrons. The molecule has 0 saturated carbocycles. The number of pyridine rings is 1. The predicted octanol–water partition coefficient (Wildman–Crippen LogP) is 2.18. The van der Waals surface area contributed by atoms with Crippen LogP contribution in [-0.2, 0) is 0 Å². The van der Waals surface area contributed by atoms with Gasteiger partial charge in [0, 0.05) is 32.2 Å². The van der Waals surface area contributed by atoms with Crippen molar-refractivity contribution in [2.24, 2.45) is 0 Å². The zero-order valence-electron chi connectivity index (χ0n) is 10.7. The smallest absolute Gasteiger partial charge is 0.146 e. The van der Waals surface area contributed by atoms with Crippen LogP contribution in [0.4, 0.5) is 5.69 Å². The summed E-state index contributed by atoms with van der Waals surface area (Å²) in [6.45, 7) is 7.93. The van der Waals surface area contributed by atoms with Crippen LogP contribution in [0.25, 0.3) is 0 Å². The van der Waals surface area contributed by atoms with Crippen molar-refractivity contribution >= 4 is 17.3 Å². The van der Waals surface area contributed by atoms with Gasteiger partial charge >= 0.3 is 0 Å². The van der Waals surface area contributed by atoms with Gasteiger partial charge in [0.05, 0.1) is 19.0 Å². The van der Waals surface area contributed by atoms with Gasteiger partial charge in [-0.1, -0.05) is 25.4 Å². The summed E-state index contributed by atoms with van der Waals surface area (Å²) in [6.07, 6.45) is 1.77. The summed E-state index contributed by atoms with van der Waals surface area (Å²) in [4.78, 5) is 6.33. The number of rotatable bonds is 2. The molecule has 1 aliphatic rings. The second-order valence-electron chi connectivity index (χ2n) is 3.42. The molecule has 1 saturated heterocycles. The average molecular weight is 258 g/mol. The standard InChI is InChI=1S/C10H14ClN3O.C2H6/c1-15-9-6-10(11)13-7-8(9)14-4-2-12-3-5-14;1-2/h6-7,12H,2-5H2,1H3;1-2H3. The van der Waals surface area contributed by atoms with Crippen molar-refractivity contribution in [3.05, 3.63) is 17.4 Å². The minimum atomic E-state index is 0.464. The number of methoxy groups -OCH3 is 1. The van der Waals surface area contributed by atoms with E-state index in [4.69, 9.17) is 16.3 Å². The molecule has 17 heavy (non-hydrogen) atoms. The highest BCUT2D eigenvalue weighted by molar-refractivity contribution is 6.29. The summed E-state index contributed by atoms with van der Waals surface area (Å²) < 4.78 is 5.29. The first kappa shape index (κ1) is 14.1. The van der Waals surface area contributed by atoms with Gasteiger partial charge in [0.15, 0.2) is 0 Å². The summed E-state index contributed by atoms with van der Waals surface area (Å²) in [7, 11) is 1.65. The highest BCUT2D eigenvalue weighted by atomic mass is 35.5. The molecule has 0 bridgehead atoms. The van der Waals surface area contributed by atoms with Gasteiger partial charge in [-0.3, -0.25) is 0 Å². The summed E-state index contributed by atoms with van der Waals surface area (Å²) in [5, 5.41) is 3.77. The largest absolute Gasteiger partial charge is 0.494 e. The third kappa shape index (κ3) is 3.75. The third-order valence-electron chi connectivity index (χ3n) is 2.49. The van der Waals surface area contributed by atoms with Gasteiger partial charge in [0.25, 0.3) is 0 Å². The van der Waals surface area contributed by atoms with Crippen LogP contribution in [0.2, 0.25) is 5.15 Å². The molecule has 1 fully saturated rings. The minimum Gasteiger partial charge on any atom is -0.494 e. The van der Waals surface area contributed by atoms with Crippen LogP contribution in [-0.4, -0.2) is 38.3 Å². The van der Waals surface area contributed by atoms with Crippen molar-refractivity contribution in [1.29, 1.82) is 0 Å². The van der Waals surface area contributed by atoms with Crippen LogP contribution >= 0.6 is 11.6 Å². The molecule has 5 heteroatoms. The van der Waals surface area contributed by atoms with E-state index >= 15 is 0 Å². The summed E-state index contributed by atoms with van der Waals surface area (Å²) in [6, 6.07) is 1.75. The second-order valence-corrected chi connectivity index (χ2v) is 3.80. The Kier molecular flexibility index (Phi) is 6.08. The Morgan fingerprint density at radius 3 is 2.59 bits per heavy atom. The van der Waals surface area contributed by atoms with E-state index in [0.29, 0.717) is 5.15 Å². The molecule has 1 N–H and O–H groups in total. The van der Waals surface area contributed by atoms with Crippen molar-refractivity contribution in [2.45, 2.75) is 13.8 Å². The SMILES string of the molecule is CC.COc1cc(Cl)ncc1N1CCNCC1. The van der Waals surface area contributed by atoms with Crippen LogP contribution < -0.4 is 15.0 Å². The van der Waals surface area contributed by atoms with E-state index in [-0.39, 0.29) is 0 Å². The molecule has 4 nitrogen and oxygen atoms in total. The molecule has 2 rings (SSSR count). The van der Waals surface area contributed by atoms with Crippen LogP contribution in [0, 0.1) is 0 Å². The Balaban J connectivity index is 0.000000686. The van der Waals surface area contributed by atoms with Gasteiger partial charge in [-0.15, -0.1) is 0 Å². The van der Waals surface area contributed by atoms with Crippen molar-refractivity contribution in [2.75, 3.05) is 38.2 Å². The second kappa shape index (κ2) is 7.35. The first-order valence-corrected chi connectivity index (χ1v) is 6.34. The molecular formula is C12H20ClN3O. The number of piperazine rings is 1. The Hall–Kier alpha value is -1.00. The lowest BCUT2D eigenvalue weighted by molar-refractivity contribution is 0.412. The molecule has 0 amide bonds. The number of nitrogens with zero attached hydrogens (tertiary/aromatic N) is 2. The Morgan fingerprint density at radius 2 is 2.00 bits per heavy atom. The number of aromatic nitrogens is 1. The first-order valence-electron chi connectivity index (χ1n) is 5.96. The maximum atomic E-state index is 5.81. The summed E-state index contributed by atoms with van der Waals surface area (Å²) in [5.74, 6) is 0.789. The highest BCUT2D eigenvalue weighted by Crippen LogP contribution is 2.29.